The van der Waals surface area contributed by atoms with Gasteiger partial charge in [0.15, 0.2) is 0 Å². The fourth-order valence-electron chi connectivity index (χ4n) is 4.33. The highest BCUT2D eigenvalue weighted by Gasteiger charge is 2.37. The molecule has 0 unspecified atom stereocenters. The molecule has 2 aliphatic heterocycles. The van der Waals surface area contributed by atoms with Gasteiger partial charge in [-0.15, -0.1) is 0 Å². The largest absolute Gasteiger partial charge is 0.444 e. The maximum Gasteiger partial charge on any atom is 0.414 e. The minimum absolute atomic E-state index is 0.00417. The zero-order valence-electron chi connectivity index (χ0n) is 18.7. The molecule has 6 nitrogen and oxygen atoms in total. The van der Waals surface area contributed by atoms with Crippen LogP contribution in [0.15, 0.2) is 47.4 Å². The van der Waals surface area contributed by atoms with Crippen LogP contribution in [0.3, 0.4) is 0 Å². The summed E-state index contributed by atoms with van der Waals surface area (Å²) >= 11 is 6.08. The van der Waals surface area contributed by atoms with E-state index in [1.54, 1.807) is 29.2 Å². The number of sulfonamides is 1. The summed E-state index contributed by atoms with van der Waals surface area (Å²) in [6.07, 6.45) is 1.66. The van der Waals surface area contributed by atoms with Crippen molar-refractivity contribution in [1.29, 1.82) is 0 Å². The number of amides is 1. The molecule has 0 aliphatic carbocycles. The second-order valence-corrected chi connectivity index (χ2v) is 11.5. The molecule has 32 heavy (non-hydrogen) atoms. The van der Waals surface area contributed by atoms with Gasteiger partial charge in [-0.1, -0.05) is 44.5 Å². The number of carbonyl (C=O) groups is 1. The van der Waals surface area contributed by atoms with Gasteiger partial charge in [-0.05, 0) is 60.6 Å². The Morgan fingerprint density at radius 2 is 1.75 bits per heavy atom. The third-order valence-electron chi connectivity index (χ3n) is 6.79. The number of piperidine rings is 1. The first kappa shape index (κ1) is 23.1. The zero-order chi connectivity index (χ0) is 23.1. The third kappa shape index (κ3) is 4.26. The van der Waals surface area contributed by atoms with Crippen LogP contribution < -0.4 is 4.90 Å². The molecule has 1 saturated heterocycles. The number of carbonyl (C=O) groups excluding carboxylic acids is 1. The maximum absolute atomic E-state index is 13.2. The monoisotopic (exact) mass is 476 g/mol. The van der Waals surface area contributed by atoms with Crippen LogP contribution in [0, 0.1) is 0 Å². The van der Waals surface area contributed by atoms with E-state index in [1.165, 1.54) is 4.31 Å². The summed E-state index contributed by atoms with van der Waals surface area (Å²) in [7, 11) is -3.58. The number of nitrogens with zero attached hydrogens (tertiary/aromatic N) is 2. The average Bonchev–Trinajstić information content (AvgIpc) is 2.79. The topological polar surface area (TPSA) is 66.9 Å². The Kier molecular flexibility index (Phi) is 6.27. The molecule has 1 amide bonds. The number of hydrogen-bond acceptors (Lipinski definition) is 4. The lowest BCUT2D eigenvalue weighted by atomic mass is 9.82. The average molecular weight is 477 g/mol. The van der Waals surface area contributed by atoms with Crippen LogP contribution in [0.2, 0.25) is 5.02 Å². The van der Waals surface area contributed by atoms with Gasteiger partial charge in [0.25, 0.3) is 0 Å². The Bertz CT molecular complexity index is 1110. The third-order valence-corrected chi connectivity index (χ3v) is 8.94. The van der Waals surface area contributed by atoms with Crippen molar-refractivity contribution < 1.29 is 17.9 Å². The Labute approximate surface area is 195 Å². The summed E-state index contributed by atoms with van der Waals surface area (Å²) in [6.45, 7) is 7.32. The summed E-state index contributed by atoms with van der Waals surface area (Å²) in [5, 5.41) is 0.593. The second-order valence-electron chi connectivity index (χ2n) is 9.09. The van der Waals surface area contributed by atoms with E-state index in [0.29, 0.717) is 35.8 Å². The van der Waals surface area contributed by atoms with Crippen molar-refractivity contribution in [2.24, 2.45) is 0 Å². The second kappa shape index (κ2) is 8.69. The van der Waals surface area contributed by atoms with Gasteiger partial charge in [-0.2, -0.15) is 4.31 Å². The van der Waals surface area contributed by atoms with E-state index in [-0.39, 0.29) is 18.1 Å². The van der Waals surface area contributed by atoms with Crippen LogP contribution >= 0.6 is 11.6 Å². The molecule has 0 aromatic heterocycles. The predicted molar refractivity (Wildman–Crippen MR) is 126 cm³/mol. The fourth-order valence-corrected chi connectivity index (χ4v) is 5.99. The molecule has 2 aromatic rings. The van der Waals surface area contributed by atoms with Crippen molar-refractivity contribution in [3.8, 4) is 0 Å². The molecule has 2 heterocycles. The number of fused-ring (bicyclic) bond motifs is 1. The lowest BCUT2D eigenvalue weighted by Gasteiger charge is -2.39. The quantitative estimate of drug-likeness (QED) is 0.584. The van der Waals surface area contributed by atoms with Crippen molar-refractivity contribution in [2.45, 2.75) is 63.0 Å². The summed E-state index contributed by atoms with van der Waals surface area (Å²) in [4.78, 5) is 14.5. The van der Waals surface area contributed by atoms with E-state index in [0.717, 1.165) is 23.2 Å². The number of anilines is 1. The Morgan fingerprint density at radius 1 is 1.09 bits per heavy atom. The van der Waals surface area contributed by atoms with Crippen molar-refractivity contribution in [3.05, 3.63) is 58.6 Å². The van der Waals surface area contributed by atoms with E-state index >= 15 is 0 Å². The zero-order valence-corrected chi connectivity index (χ0v) is 20.2. The van der Waals surface area contributed by atoms with Crippen LogP contribution in [0.25, 0.3) is 0 Å². The molecule has 0 saturated carbocycles. The van der Waals surface area contributed by atoms with Gasteiger partial charge in [-0.3, -0.25) is 4.90 Å². The number of cyclic esters (lactones) is 1. The van der Waals surface area contributed by atoms with Crippen molar-refractivity contribution in [1.82, 2.24) is 4.31 Å². The van der Waals surface area contributed by atoms with Gasteiger partial charge in [0.2, 0.25) is 10.0 Å². The Hall–Kier alpha value is -2.09. The molecule has 2 aliphatic rings. The summed E-state index contributed by atoms with van der Waals surface area (Å²) in [5.41, 5.74) is 2.79. The number of halogens is 1. The first-order chi connectivity index (χ1) is 15.1. The van der Waals surface area contributed by atoms with E-state index in [1.807, 2.05) is 18.2 Å². The normalized spacial score (nSPS) is 18.4. The standard InChI is InChI=1S/C24H29ClN2O4S/c1-4-24(2,3)18-5-8-21(9-6-18)32(29,30)26-13-11-20(12-14-26)27-22-10-7-19(25)15-17(22)16-31-23(27)28/h5-10,15,20H,4,11-14,16H2,1-3H3. The lowest BCUT2D eigenvalue weighted by Crippen LogP contribution is -2.50. The Morgan fingerprint density at radius 3 is 2.38 bits per heavy atom. The molecule has 4 rings (SSSR count). The van der Waals surface area contributed by atoms with Crippen molar-refractivity contribution in [2.75, 3.05) is 18.0 Å². The molecule has 8 heteroatoms. The molecule has 0 atom stereocenters. The van der Waals surface area contributed by atoms with E-state index in [2.05, 4.69) is 20.8 Å². The molecule has 0 spiro atoms. The minimum Gasteiger partial charge on any atom is -0.444 e. The highest BCUT2D eigenvalue weighted by Crippen LogP contribution is 2.35. The predicted octanol–water partition coefficient (Wildman–Crippen LogP) is 5.34. The van der Waals surface area contributed by atoms with E-state index in [9.17, 15) is 13.2 Å². The van der Waals surface area contributed by atoms with Crippen LogP contribution in [0.5, 0.6) is 0 Å². The van der Waals surface area contributed by atoms with Crippen molar-refractivity contribution >= 4 is 33.4 Å². The molecule has 172 valence electrons. The molecule has 1 fully saturated rings. The molecule has 0 bridgehead atoms. The molecule has 0 radical (unpaired) electrons. The molecular weight excluding hydrogens is 448 g/mol. The first-order valence-corrected chi connectivity index (χ1v) is 12.8. The maximum atomic E-state index is 13.2. The lowest BCUT2D eigenvalue weighted by molar-refractivity contribution is 0.136. The molecule has 2 aromatic carbocycles. The number of ether oxygens (including phenoxy) is 1. The minimum atomic E-state index is -3.58. The van der Waals surface area contributed by atoms with Crippen LogP contribution in [0.1, 0.15) is 51.2 Å². The van der Waals surface area contributed by atoms with Gasteiger partial charge in [0, 0.05) is 29.7 Å². The Balaban J connectivity index is 1.48. The molecule has 0 N–H and O–H groups in total. The summed E-state index contributed by atoms with van der Waals surface area (Å²) in [5.74, 6) is 0. The number of benzene rings is 2. The van der Waals surface area contributed by atoms with Crippen LogP contribution in [0.4, 0.5) is 10.5 Å². The van der Waals surface area contributed by atoms with Crippen LogP contribution in [-0.2, 0) is 26.8 Å². The van der Waals surface area contributed by atoms with Gasteiger partial charge >= 0.3 is 6.09 Å². The smallest absolute Gasteiger partial charge is 0.414 e. The van der Waals surface area contributed by atoms with E-state index in [4.69, 9.17) is 16.3 Å². The number of hydrogen-bond donors (Lipinski definition) is 0. The van der Waals surface area contributed by atoms with Crippen LogP contribution in [-0.4, -0.2) is 37.9 Å². The SMILES string of the molecule is CCC(C)(C)c1ccc(S(=O)(=O)N2CCC(N3C(=O)OCc4cc(Cl)ccc43)CC2)cc1. The van der Waals surface area contributed by atoms with Gasteiger partial charge in [0.05, 0.1) is 10.6 Å². The van der Waals surface area contributed by atoms with Crippen molar-refractivity contribution in [3.63, 3.8) is 0 Å². The van der Waals surface area contributed by atoms with E-state index < -0.39 is 16.1 Å². The van der Waals surface area contributed by atoms with Gasteiger partial charge < -0.3 is 4.74 Å². The molecular formula is C24H29ClN2O4S. The fraction of sp³-hybridized carbons (Fsp3) is 0.458. The van der Waals surface area contributed by atoms with Gasteiger partial charge in [0.1, 0.15) is 6.61 Å². The first-order valence-electron chi connectivity index (χ1n) is 11.0. The number of rotatable bonds is 5. The summed E-state index contributed by atoms with van der Waals surface area (Å²) < 4.78 is 33.3. The van der Waals surface area contributed by atoms with Gasteiger partial charge in [-0.25, -0.2) is 13.2 Å². The summed E-state index contributed by atoms with van der Waals surface area (Å²) in [6, 6.07) is 12.5. The highest BCUT2D eigenvalue weighted by atomic mass is 35.5. The highest BCUT2D eigenvalue weighted by molar-refractivity contribution is 7.89.